The number of amides is 1. The van der Waals surface area contributed by atoms with Crippen molar-refractivity contribution in [1.82, 2.24) is 24.3 Å². The summed E-state index contributed by atoms with van der Waals surface area (Å²) < 4.78 is 37.3. The summed E-state index contributed by atoms with van der Waals surface area (Å²) in [6.07, 6.45) is 8.16. The molecule has 4 heterocycles. The van der Waals surface area contributed by atoms with E-state index in [-0.39, 0.29) is 6.42 Å². The average Bonchev–Trinajstić information content (AvgIpc) is 3.39. The molecular formula is C30H34F2N6O2. The molecule has 1 unspecified atom stereocenters. The second-order valence-corrected chi connectivity index (χ2v) is 10.9. The molecule has 2 aromatic heterocycles. The van der Waals surface area contributed by atoms with Crippen molar-refractivity contribution in [2.24, 2.45) is 5.92 Å². The number of nitrogens with one attached hydrogen (secondary N) is 1. The Balaban J connectivity index is 1.15. The fraction of sp³-hybridized carbons (Fsp3) is 0.433. The van der Waals surface area contributed by atoms with E-state index in [0.29, 0.717) is 37.9 Å². The van der Waals surface area contributed by atoms with Crippen molar-refractivity contribution in [3.63, 3.8) is 0 Å². The molecule has 6 rings (SSSR count). The fourth-order valence-corrected chi connectivity index (χ4v) is 5.77. The van der Waals surface area contributed by atoms with Crippen molar-refractivity contribution in [1.29, 1.82) is 0 Å². The van der Waals surface area contributed by atoms with Gasteiger partial charge in [0.25, 0.3) is 5.91 Å². The molecular weight excluding hydrogens is 514 g/mol. The van der Waals surface area contributed by atoms with E-state index in [1.807, 2.05) is 18.2 Å². The third-order valence-electron chi connectivity index (χ3n) is 8.13. The van der Waals surface area contributed by atoms with E-state index >= 15 is 8.78 Å². The zero-order chi connectivity index (χ0) is 27.6. The lowest BCUT2D eigenvalue weighted by Gasteiger charge is -2.29. The Labute approximate surface area is 232 Å². The van der Waals surface area contributed by atoms with Gasteiger partial charge in [-0.2, -0.15) is 4.98 Å². The molecule has 10 heteroatoms. The highest BCUT2D eigenvalue weighted by Crippen LogP contribution is 2.36. The second kappa shape index (κ2) is 11.5. The summed E-state index contributed by atoms with van der Waals surface area (Å²) in [5.41, 5.74) is 2.26. The molecule has 3 aromatic rings. The van der Waals surface area contributed by atoms with E-state index in [2.05, 4.69) is 39.4 Å². The van der Waals surface area contributed by atoms with Crippen LogP contribution >= 0.6 is 0 Å². The van der Waals surface area contributed by atoms with Crippen molar-refractivity contribution in [2.45, 2.75) is 31.7 Å². The first-order chi connectivity index (χ1) is 19.4. The minimum Gasteiger partial charge on any atom is -0.378 e. The van der Waals surface area contributed by atoms with Gasteiger partial charge in [-0.15, -0.1) is 0 Å². The van der Waals surface area contributed by atoms with Crippen LogP contribution in [0, 0.1) is 5.92 Å². The minimum atomic E-state index is -0.847. The van der Waals surface area contributed by atoms with Crippen LogP contribution in [0.3, 0.4) is 0 Å². The number of allylic oxidation sites excluding steroid dienone is 2. The highest BCUT2D eigenvalue weighted by atomic mass is 19.1. The molecule has 210 valence electrons. The molecule has 0 spiro atoms. The number of rotatable bonds is 6. The van der Waals surface area contributed by atoms with Gasteiger partial charge in [0, 0.05) is 43.0 Å². The van der Waals surface area contributed by atoms with E-state index in [4.69, 9.17) is 4.74 Å². The monoisotopic (exact) mass is 548 g/mol. The SMILES string of the molecule is CN1CCC(Cc2ccc(Nc3ncc4ccn(C5C=C(F)C(C(=O)N6CCOCC6)=C(F)C5)c4n3)cc2)CC1. The van der Waals surface area contributed by atoms with Gasteiger partial charge in [-0.3, -0.25) is 4.79 Å². The van der Waals surface area contributed by atoms with Gasteiger partial charge < -0.3 is 24.4 Å². The van der Waals surface area contributed by atoms with Crippen LogP contribution in [0.4, 0.5) is 20.4 Å². The van der Waals surface area contributed by atoms with E-state index in [0.717, 1.165) is 36.5 Å². The lowest BCUT2D eigenvalue weighted by molar-refractivity contribution is -0.131. The number of carbonyl (C=O) groups excluding carboxylic acids is 1. The molecule has 1 atom stereocenters. The summed E-state index contributed by atoms with van der Waals surface area (Å²) in [6, 6.07) is 9.51. The van der Waals surface area contributed by atoms with Gasteiger partial charge >= 0.3 is 0 Å². The summed E-state index contributed by atoms with van der Waals surface area (Å²) in [7, 11) is 2.18. The van der Waals surface area contributed by atoms with Gasteiger partial charge in [-0.25, -0.2) is 13.8 Å². The van der Waals surface area contributed by atoms with Crippen LogP contribution in [0.25, 0.3) is 11.0 Å². The number of piperidine rings is 1. The number of hydrogen-bond donors (Lipinski definition) is 1. The van der Waals surface area contributed by atoms with Crippen molar-refractivity contribution >= 4 is 28.6 Å². The first-order valence-corrected chi connectivity index (χ1v) is 14.0. The maximum Gasteiger partial charge on any atom is 0.259 e. The average molecular weight is 549 g/mol. The quantitative estimate of drug-likeness (QED) is 0.471. The maximum atomic E-state index is 15.2. The van der Waals surface area contributed by atoms with Gasteiger partial charge in [0.05, 0.1) is 19.3 Å². The van der Waals surface area contributed by atoms with Crippen LogP contribution in [0.15, 0.2) is 66.0 Å². The Bertz CT molecular complexity index is 1440. The number of halogens is 2. The number of hydrogen-bond acceptors (Lipinski definition) is 6. The third kappa shape index (κ3) is 5.64. The highest BCUT2D eigenvalue weighted by Gasteiger charge is 2.32. The molecule has 1 amide bonds. The highest BCUT2D eigenvalue weighted by molar-refractivity contribution is 5.98. The molecule has 0 bridgehead atoms. The Morgan fingerprint density at radius 2 is 1.82 bits per heavy atom. The maximum absolute atomic E-state index is 15.2. The van der Waals surface area contributed by atoms with Crippen LogP contribution in [0.2, 0.25) is 0 Å². The zero-order valence-electron chi connectivity index (χ0n) is 22.7. The summed E-state index contributed by atoms with van der Waals surface area (Å²) in [5, 5.41) is 4.01. The third-order valence-corrected chi connectivity index (χ3v) is 8.13. The van der Waals surface area contributed by atoms with Gasteiger partial charge in [-0.1, -0.05) is 12.1 Å². The van der Waals surface area contributed by atoms with Crippen molar-refractivity contribution in [2.75, 3.05) is 51.8 Å². The Morgan fingerprint density at radius 1 is 1.07 bits per heavy atom. The van der Waals surface area contributed by atoms with Crippen molar-refractivity contribution in [3.05, 3.63) is 71.6 Å². The molecule has 1 N–H and O–H groups in total. The number of carbonyl (C=O) groups is 1. The first-order valence-electron chi connectivity index (χ1n) is 14.0. The van der Waals surface area contributed by atoms with Crippen LogP contribution in [-0.4, -0.2) is 76.7 Å². The Kier molecular flexibility index (Phi) is 7.62. The van der Waals surface area contributed by atoms with E-state index in [9.17, 15) is 4.79 Å². The fourth-order valence-electron chi connectivity index (χ4n) is 5.77. The predicted molar refractivity (Wildman–Crippen MR) is 150 cm³/mol. The number of fused-ring (bicyclic) bond motifs is 1. The van der Waals surface area contributed by atoms with Crippen LogP contribution < -0.4 is 5.32 Å². The van der Waals surface area contributed by atoms with Crippen LogP contribution in [0.1, 0.15) is 30.9 Å². The predicted octanol–water partition coefficient (Wildman–Crippen LogP) is 4.94. The molecule has 2 aliphatic heterocycles. The number of aromatic nitrogens is 3. The smallest absolute Gasteiger partial charge is 0.259 e. The lowest BCUT2D eigenvalue weighted by atomic mass is 9.90. The number of nitrogens with zero attached hydrogens (tertiary/aromatic N) is 5. The molecule has 2 fully saturated rings. The first kappa shape index (κ1) is 26.6. The summed E-state index contributed by atoms with van der Waals surface area (Å²) >= 11 is 0. The summed E-state index contributed by atoms with van der Waals surface area (Å²) in [5.74, 6) is -1.11. The van der Waals surface area contributed by atoms with E-state index in [1.165, 1.54) is 29.4 Å². The summed E-state index contributed by atoms with van der Waals surface area (Å²) in [6.45, 7) is 3.69. The Hall–Kier alpha value is -3.63. The number of anilines is 2. The van der Waals surface area contributed by atoms with E-state index < -0.39 is 29.2 Å². The molecule has 8 nitrogen and oxygen atoms in total. The number of likely N-dealkylation sites (tertiary alicyclic amines) is 1. The lowest BCUT2D eigenvalue weighted by Crippen LogP contribution is -2.42. The van der Waals surface area contributed by atoms with Gasteiger partial charge in [0.2, 0.25) is 5.95 Å². The van der Waals surface area contributed by atoms with Crippen LogP contribution in [0.5, 0.6) is 0 Å². The number of morpholine rings is 1. The van der Waals surface area contributed by atoms with E-state index in [1.54, 1.807) is 17.0 Å². The molecule has 2 saturated heterocycles. The normalized spacial score (nSPS) is 21.1. The standard InChI is InChI=1S/C30H34F2N6O2/c1-36-9-6-21(7-10-36)16-20-2-4-23(5-3-20)34-30-33-19-22-8-11-38(28(22)35-30)24-17-25(31)27(26(32)18-24)29(39)37-12-14-40-15-13-37/h2-5,8,11,17,19,21,24H,6-7,9-10,12-16,18H2,1H3,(H,33,34,35). The van der Waals surface area contributed by atoms with Crippen molar-refractivity contribution in [3.8, 4) is 0 Å². The van der Waals surface area contributed by atoms with Crippen molar-refractivity contribution < 1.29 is 18.3 Å². The van der Waals surface area contributed by atoms with Gasteiger partial charge in [0.1, 0.15) is 22.9 Å². The second-order valence-electron chi connectivity index (χ2n) is 10.9. The summed E-state index contributed by atoms with van der Waals surface area (Å²) in [4.78, 5) is 25.7. The molecule has 3 aliphatic rings. The topological polar surface area (TPSA) is 75.5 Å². The number of benzene rings is 1. The molecule has 1 aliphatic carbocycles. The van der Waals surface area contributed by atoms with Crippen LogP contribution in [-0.2, 0) is 16.0 Å². The molecule has 0 saturated carbocycles. The molecule has 40 heavy (non-hydrogen) atoms. The largest absolute Gasteiger partial charge is 0.378 e. The zero-order valence-corrected chi connectivity index (χ0v) is 22.7. The molecule has 1 aromatic carbocycles. The Morgan fingerprint density at radius 3 is 2.55 bits per heavy atom. The molecule has 0 radical (unpaired) electrons. The number of ether oxygens (including phenoxy) is 1. The van der Waals surface area contributed by atoms with Gasteiger partial charge in [0.15, 0.2) is 0 Å². The minimum absolute atomic E-state index is 0.131. The van der Waals surface area contributed by atoms with Gasteiger partial charge in [-0.05, 0) is 75.2 Å².